The zero-order valence-electron chi connectivity index (χ0n) is 15.1. The summed E-state index contributed by atoms with van der Waals surface area (Å²) in [5.41, 5.74) is 0. The Kier molecular flexibility index (Phi) is 8.58. The van der Waals surface area contributed by atoms with Crippen LogP contribution in [0.15, 0.2) is 52.4 Å². The molecule has 2 aliphatic heterocycles. The molecule has 6 heteroatoms. The monoisotopic (exact) mass is 472 g/mol. The van der Waals surface area contributed by atoms with Gasteiger partial charge in [-0.25, -0.2) is 0 Å². The van der Waals surface area contributed by atoms with Gasteiger partial charge in [-0.05, 0) is 18.6 Å². The van der Waals surface area contributed by atoms with Crippen LogP contribution in [0.2, 0.25) is 0 Å². The van der Waals surface area contributed by atoms with E-state index in [4.69, 9.17) is 0 Å². The number of likely N-dealkylation sites (tertiary alicyclic amines) is 1. The van der Waals surface area contributed by atoms with Gasteiger partial charge in [0.05, 0.1) is 0 Å². The van der Waals surface area contributed by atoms with E-state index in [9.17, 15) is 0 Å². The molecule has 1 aromatic carbocycles. The number of hydrogen-bond acceptors (Lipinski definition) is 3. The van der Waals surface area contributed by atoms with Gasteiger partial charge in [0.2, 0.25) is 0 Å². The predicted octanol–water partition coefficient (Wildman–Crippen LogP) is 3.31. The van der Waals surface area contributed by atoms with Gasteiger partial charge in [-0.2, -0.15) is 0 Å². The molecule has 0 bridgehead atoms. The lowest BCUT2D eigenvalue weighted by molar-refractivity contribution is 0.259. The van der Waals surface area contributed by atoms with E-state index in [0.29, 0.717) is 11.3 Å². The van der Waals surface area contributed by atoms with Crippen molar-refractivity contribution in [2.24, 2.45) is 4.99 Å². The highest BCUT2D eigenvalue weighted by molar-refractivity contribution is 14.0. The average Bonchev–Trinajstić information content (AvgIpc) is 3.28. The third-order valence-corrected chi connectivity index (χ3v) is 5.78. The predicted molar refractivity (Wildman–Crippen MR) is 119 cm³/mol. The van der Waals surface area contributed by atoms with Crippen molar-refractivity contribution in [2.75, 3.05) is 39.8 Å². The molecule has 2 atom stereocenters. The molecule has 1 aromatic rings. The maximum Gasteiger partial charge on any atom is 0.193 e. The standard InChI is InChI=1S/C19H28N4S.HI/c1-16(24-18-8-4-3-5-9-18)14-21-19(20-2)23-13-10-17(15-23)22-11-6-7-12-22;/h3-9,16-17H,10-15H2,1-2H3,(H,20,21);1H. The van der Waals surface area contributed by atoms with Crippen LogP contribution in [0.1, 0.15) is 13.3 Å². The molecular formula is C19H29IN4S. The molecule has 0 amide bonds. The summed E-state index contributed by atoms with van der Waals surface area (Å²) >= 11 is 1.91. The van der Waals surface area contributed by atoms with Crippen LogP contribution in [0.25, 0.3) is 0 Å². The van der Waals surface area contributed by atoms with Gasteiger partial charge in [-0.1, -0.05) is 37.3 Å². The van der Waals surface area contributed by atoms with Crippen LogP contribution < -0.4 is 5.32 Å². The summed E-state index contributed by atoms with van der Waals surface area (Å²) in [6.45, 7) is 7.59. The molecule has 0 saturated carbocycles. The summed E-state index contributed by atoms with van der Waals surface area (Å²) in [7, 11) is 1.89. The van der Waals surface area contributed by atoms with Crippen molar-refractivity contribution in [3.05, 3.63) is 42.5 Å². The van der Waals surface area contributed by atoms with Crippen LogP contribution >= 0.6 is 35.7 Å². The maximum absolute atomic E-state index is 4.50. The Morgan fingerprint density at radius 3 is 2.68 bits per heavy atom. The number of nitrogens with one attached hydrogen (secondary N) is 1. The third kappa shape index (κ3) is 5.89. The average molecular weight is 472 g/mol. The quantitative estimate of drug-likeness (QED) is 0.234. The van der Waals surface area contributed by atoms with E-state index in [1.165, 1.54) is 11.3 Å². The Morgan fingerprint density at radius 1 is 1.28 bits per heavy atom. The SMILES string of the molecule is CN=C(NCC(C)Sc1ccccc1)N1CCC(N2CC=CC2)C1.I. The molecule has 25 heavy (non-hydrogen) atoms. The van der Waals surface area contributed by atoms with Crippen LogP contribution in [-0.4, -0.2) is 66.8 Å². The molecule has 4 nitrogen and oxygen atoms in total. The van der Waals surface area contributed by atoms with Crippen molar-refractivity contribution >= 4 is 41.7 Å². The fourth-order valence-electron chi connectivity index (χ4n) is 3.37. The maximum atomic E-state index is 4.50. The zero-order valence-corrected chi connectivity index (χ0v) is 18.2. The Hall–Kier alpha value is -0.730. The molecule has 0 aromatic heterocycles. The first-order chi connectivity index (χ1) is 11.8. The van der Waals surface area contributed by atoms with E-state index in [2.05, 4.69) is 69.5 Å². The van der Waals surface area contributed by atoms with Gasteiger partial charge in [-0.3, -0.25) is 9.89 Å². The highest BCUT2D eigenvalue weighted by atomic mass is 127. The van der Waals surface area contributed by atoms with Crippen LogP contribution in [-0.2, 0) is 0 Å². The van der Waals surface area contributed by atoms with Crippen molar-refractivity contribution in [2.45, 2.75) is 29.5 Å². The Labute approximate surface area is 173 Å². The van der Waals surface area contributed by atoms with E-state index in [1.807, 2.05) is 18.8 Å². The van der Waals surface area contributed by atoms with Crippen LogP contribution in [0, 0.1) is 0 Å². The molecule has 1 saturated heterocycles. The van der Waals surface area contributed by atoms with Gasteiger partial charge in [0, 0.05) is 56.0 Å². The van der Waals surface area contributed by atoms with Crippen molar-refractivity contribution in [3.8, 4) is 0 Å². The lowest BCUT2D eigenvalue weighted by Gasteiger charge is -2.26. The van der Waals surface area contributed by atoms with Gasteiger partial charge >= 0.3 is 0 Å². The van der Waals surface area contributed by atoms with Crippen molar-refractivity contribution in [3.63, 3.8) is 0 Å². The molecule has 3 rings (SSSR count). The van der Waals surface area contributed by atoms with Crippen molar-refractivity contribution < 1.29 is 0 Å². The number of hydrogen-bond donors (Lipinski definition) is 1. The summed E-state index contributed by atoms with van der Waals surface area (Å²) in [4.78, 5) is 10.8. The molecular weight excluding hydrogens is 443 g/mol. The molecule has 2 unspecified atom stereocenters. The summed E-state index contributed by atoms with van der Waals surface area (Å²) in [6.07, 6.45) is 5.78. The first-order valence-corrected chi connectivity index (χ1v) is 9.70. The number of aliphatic imine (C=N–C) groups is 1. The second-order valence-corrected chi connectivity index (χ2v) is 8.00. The minimum absolute atomic E-state index is 0. The fourth-order valence-corrected chi connectivity index (χ4v) is 4.31. The van der Waals surface area contributed by atoms with E-state index >= 15 is 0 Å². The number of rotatable bonds is 5. The molecule has 0 radical (unpaired) electrons. The molecule has 2 aliphatic rings. The fraction of sp³-hybridized carbons (Fsp3) is 0.526. The van der Waals surface area contributed by atoms with E-state index in [-0.39, 0.29) is 24.0 Å². The normalized spacial score (nSPS) is 22.1. The number of halogens is 1. The van der Waals surface area contributed by atoms with Crippen LogP contribution in [0.5, 0.6) is 0 Å². The largest absolute Gasteiger partial charge is 0.355 e. The van der Waals surface area contributed by atoms with Crippen LogP contribution in [0.4, 0.5) is 0 Å². The zero-order chi connectivity index (χ0) is 16.8. The first kappa shape index (κ1) is 20.6. The van der Waals surface area contributed by atoms with Crippen molar-refractivity contribution in [1.82, 2.24) is 15.1 Å². The minimum Gasteiger partial charge on any atom is -0.355 e. The van der Waals surface area contributed by atoms with E-state index in [1.54, 1.807) is 0 Å². The minimum atomic E-state index is 0. The molecule has 0 aliphatic carbocycles. The molecule has 2 heterocycles. The highest BCUT2D eigenvalue weighted by Crippen LogP contribution is 2.22. The topological polar surface area (TPSA) is 30.9 Å². The lowest BCUT2D eigenvalue weighted by Crippen LogP contribution is -2.44. The van der Waals surface area contributed by atoms with E-state index in [0.717, 1.165) is 38.7 Å². The smallest absolute Gasteiger partial charge is 0.193 e. The number of thioether (sulfide) groups is 1. The van der Waals surface area contributed by atoms with Gasteiger partial charge in [0.25, 0.3) is 0 Å². The molecule has 1 fully saturated rings. The first-order valence-electron chi connectivity index (χ1n) is 8.82. The summed E-state index contributed by atoms with van der Waals surface area (Å²) < 4.78 is 0. The lowest BCUT2D eigenvalue weighted by atomic mass is 10.2. The third-order valence-electron chi connectivity index (χ3n) is 4.67. The van der Waals surface area contributed by atoms with Gasteiger partial charge in [0.15, 0.2) is 5.96 Å². The molecule has 0 spiro atoms. The highest BCUT2D eigenvalue weighted by Gasteiger charge is 2.29. The summed E-state index contributed by atoms with van der Waals surface area (Å²) in [5.74, 6) is 1.05. The Bertz CT molecular complexity index is 570. The number of nitrogens with zero attached hydrogens (tertiary/aromatic N) is 3. The second-order valence-electron chi connectivity index (χ2n) is 6.48. The molecule has 138 valence electrons. The molecule has 1 N–H and O–H groups in total. The Balaban J connectivity index is 0.00000225. The van der Waals surface area contributed by atoms with Crippen LogP contribution in [0.3, 0.4) is 0 Å². The van der Waals surface area contributed by atoms with Gasteiger partial charge < -0.3 is 10.2 Å². The van der Waals surface area contributed by atoms with Gasteiger partial charge in [-0.15, -0.1) is 35.7 Å². The number of benzene rings is 1. The second kappa shape index (κ2) is 10.4. The van der Waals surface area contributed by atoms with E-state index < -0.39 is 0 Å². The summed E-state index contributed by atoms with van der Waals surface area (Å²) in [6, 6.07) is 11.3. The summed E-state index contributed by atoms with van der Waals surface area (Å²) in [5, 5.41) is 4.07. The van der Waals surface area contributed by atoms with Crippen molar-refractivity contribution in [1.29, 1.82) is 0 Å². The van der Waals surface area contributed by atoms with Gasteiger partial charge in [0.1, 0.15) is 0 Å². The number of guanidine groups is 1. The Morgan fingerprint density at radius 2 is 2.00 bits per heavy atom.